The maximum absolute atomic E-state index is 11.3. The van der Waals surface area contributed by atoms with Gasteiger partial charge in [0.1, 0.15) is 0 Å². The summed E-state index contributed by atoms with van der Waals surface area (Å²) < 4.78 is 20.1. The Labute approximate surface area is 106 Å². The zero-order valence-electron chi connectivity index (χ0n) is 9.83. The maximum Gasteiger partial charge on any atom is -0.369 e. The summed E-state index contributed by atoms with van der Waals surface area (Å²) >= 11 is -4.46. The summed E-state index contributed by atoms with van der Waals surface area (Å²) in [7, 11) is 0. The van der Waals surface area contributed by atoms with Gasteiger partial charge < -0.3 is 6.15 Å². The molecule has 2 unspecified atom stereocenters. The molecule has 1 spiro atoms. The van der Waals surface area contributed by atoms with Crippen LogP contribution in [0.2, 0.25) is 0 Å². The number of hydrogen-bond donors (Lipinski definition) is 3. The fourth-order valence-corrected chi connectivity index (χ4v) is 5.38. The van der Waals surface area contributed by atoms with Gasteiger partial charge in [0.2, 0.25) is 0 Å². The van der Waals surface area contributed by atoms with Crippen LogP contribution in [0.25, 0.3) is 0 Å². The molecule has 0 aromatic carbocycles. The fraction of sp³-hybridized carbons (Fsp3) is 0.750. The first kappa shape index (κ1) is 15.3. The van der Waals surface area contributed by atoms with Gasteiger partial charge in [0.15, 0.2) is 0 Å². The molecular weight excluding hydrogens is 311 g/mol. The first-order valence-corrected chi connectivity index (χ1v) is 8.49. The smallest absolute Gasteiger partial charge is 0.369 e. The van der Waals surface area contributed by atoms with Crippen molar-refractivity contribution in [3.8, 4) is 0 Å². The number of aliphatic hydroxyl groups excluding tert-OH is 2. The third kappa shape index (κ3) is 3.64. The third-order valence-corrected chi connectivity index (χ3v) is 6.37. The van der Waals surface area contributed by atoms with Crippen molar-refractivity contribution in [3.63, 3.8) is 0 Å². The summed E-state index contributed by atoms with van der Waals surface area (Å²) in [6, 6.07) is 0. The van der Waals surface area contributed by atoms with E-state index in [0.29, 0.717) is 0 Å². The molecule has 104 valence electrons. The van der Waals surface area contributed by atoms with Gasteiger partial charge in [0.25, 0.3) is 0 Å². The Balaban J connectivity index is 0.00000162. The SMILES string of the molecule is O=C1CC(O)C[O][Ge]2([O]CC(O)CC(=O)[O]2)[O]1.[NH4+]. The zero-order valence-corrected chi connectivity index (χ0v) is 11.9. The van der Waals surface area contributed by atoms with Crippen LogP contribution in [-0.4, -0.2) is 62.2 Å². The molecule has 0 aliphatic carbocycles. The van der Waals surface area contributed by atoms with E-state index < -0.39 is 38.8 Å². The van der Waals surface area contributed by atoms with Crippen molar-refractivity contribution < 1.29 is 34.9 Å². The van der Waals surface area contributed by atoms with Crippen LogP contribution in [-0.2, 0) is 24.6 Å². The monoisotopic (exact) mass is 328 g/mol. The second-order valence-electron chi connectivity index (χ2n) is 3.79. The number of aliphatic hydroxyl groups is 2. The molecule has 0 aromatic heterocycles. The summed E-state index contributed by atoms with van der Waals surface area (Å²) in [6.45, 7) is -0.399. The second-order valence-corrected chi connectivity index (χ2v) is 7.95. The van der Waals surface area contributed by atoms with Crippen LogP contribution in [0.4, 0.5) is 0 Å². The Hall–Kier alpha value is -0.717. The molecule has 10 heteroatoms. The Morgan fingerprint density at radius 2 is 1.33 bits per heavy atom. The number of carbonyl (C=O) groups is 2. The molecule has 2 heterocycles. The van der Waals surface area contributed by atoms with Crippen LogP contribution >= 0.6 is 0 Å². The van der Waals surface area contributed by atoms with Gasteiger partial charge in [-0.3, -0.25) is 0 Å². The van der Waals surface area contributed by atoms with E-state index in [2.05, 4.69) is 0 Å². The van der Waals surface area contributed by atoms with E-state index in [-0.39, 0.29) is 32.2 Å². The number of hydrogen-bond acceptors (Lipinski definition) is 8. The number of quaternary nitrogens is 1. The first-order chi connectivity index (χ1) is 7.99. The molecule has 0 amide bonds. The molecule has 0 aromatic rings. The molecule has 0 radical (unpaired) electrons. The van der Waals surface area contributed by atoms with Crippen molar-refractivity contribution in [2.45, 2.75) is 25.0 Å². The Bertz CT molecular complexity index is 305. The van der Waals surface area contributed by atoms with Crippen molar-refractivity contribution in [2.24, 2.45) is 0 Å². The van der Waals surface area contributed by atoms with E-state index in [9.17, 15) is 19.8 Å². The van der Waals surface area contributed by atoms with Gasteiger partial charge in [-0.15, -0.1) is 0 Å². The molecule has 0 saturated carbocycles. The minimum absolute atomic E-state index is 0. The van der Waals surface area contributed by atoms with Crippen LogP contribution in [0.1, 0.15) is 12.8 Å². The summed E-state index contributed by atoms with van der Waals surface area (Å²) in [5.41, 5.74) is 0. The molecular formula is C8H16GeNO8+. The average Bonchev–Trinajstić information content (AvgIpc) is 2.43. The first-order valence-electron chi connectivity index (χ1n) is 5.07. The van der Waals surface area contributed by atoms with E-state index in [1.54, 1.807) is 0 Å². The van der Waals surface area contributed by atoms with Crippen LogP contribution in [0.3, 0.4) is 0 Å². The minimum atomic E-state index is -4.46. The predicted molar refractivity (Wildman–Crippen MR) is 57.1 cm³/mol. The zero-order chi connectivity index (χ0) is 12.5. The number of rotatable bonds is 0. The van der Waals surface area contributed by atoms with Crippen LogP contribution in [0, 0.1) is 0 Å². The van der Waals surface area contributed by atoms with Gasteiger partial charge in [-0.1, -0.05) is 0 Å². The van der Waals surface area contributed by atoms with Crippen LogP contribution < -0.4 is 6.15 Å². The normalized spacial score (nSPS) is 37.0. The Morgan fingerprint density at radius 1 is 0.944 bits per heavy atom. The molecule has 2 fully saturated rings. The van der Waals surface area contributed by atoms with E-state index in [0.717, 1.165) is 0 Å². The largest absolute Gasteiger partial charge is 0.369 e. The van der Waals surface area contributed by atoms with Gasteiger partial charge in [-0.25, -0.2) is 0 Å². The summed E-state index contributed by atoms with van der Waals surface area (Å²) in [4.78, 5) is 22.6. The van der Waals surface area contributed by atoms with Gasteiger partial charge in [-0.2, -0.15) is 0 Å². The molecule has 2 aliphatic heterocycles. The molecule has 0 bridgehead atoms. The minimum Gasteiger partial charge on any atom is -0.369 e. The van der Waals surface area contributed by atoms with Crippen molar-refractivity contribution >= 4 is 26.6 Å². The molecule has 2 rings (SSSR count). The number of carbonyl (C=O) groups excluding carboxylic acids is 2. The maximum atomic E-state index is 11.3. The van der Waals surface area contributed by atoms with Crippen molar-refractivity contribution in [3.05, 3.63) is 0 Å². The van der Waals surface area contributed by atoms with Gasteiger partial charge >= 0.3 is 99.7 Å². The Kier molecular flexibility index (Phi) is 5.07. The molecule has 2 saturated heterocycles. The quantitative estimate of drug-likeness (QED) is 0.453. The summed E-state index contributed by atoms with van der Waals surface area (Å²) in [5, 5.41) is 18.6. The Morgan fingerprint density at radius 3 is 1.72 bits per heavy atom. The van der Waals surface area contributed by atoms with E-state index in [1.165, 1.54) is 0 Å². The van der Waals surface area contributed by atoms with Crippen molar-refractivity contribution in [1.29, 1.82) is 0 Å². The molecule has 9 nitrogen and oxygen atoms in total. The van der Waals surface area contributed by atoms with Crippen molar-refractivity contribution in [1.82, 2.24) is 6.15 Å². The molecule has 2 aliphatic rings. The second kappa shape index (κ2) is 5.95. The van der Waals surface area contributed by atoms with Crippen LogP contribution in [0.15, 0.2) is 0 Å². The van der Waals surface area contributed by atoms with E-state index in [1.807, 2.05) is 0 Å². The summed E-state index contributed by atoms with van der Waals surface area (Å²) in [5.74, 6) is -1.47. The predicted octanol–water partition coefficient (Wildman–Crippen LogP) is -1.55. The average molecular weight is 327 g/mol. The van der Waals surface area contributed by atoms with E-state index in [4.69, 9.17) is 15.1 Å². The van der Waals surface area contributed by atoms with Gasteiger partial charge in [0, 0.05) is 0 Å². The molecule has 2 atom stereocenters. The fourth-order valence-electron chi connectivity index (χ4n) is 1.44. The van der Waals surface area contributed by atoms with Gasteiger partial charge in [0.05, 0.1) is 0 Å². The standard InChI is InChI=1S/C8H12GeO8.H3N/c10-5-1-7(12)16-9(14-3-5)15-4-6(11)2-8(13)17-9;/h5-6,10-11H,1-4H2;1H3/p+1. The molecule has 6 N–H and O–H groups in total. The van der Waals surface area contributed by atoms with Gasteiger partial charge in [-0.05, 0) is 0 Å². The van der Waals surface area contributed by atoms with E-state index >= 15 is 0 Å². The summed E-state index contributed by atoms with van der Waals surface area (Å²) in [6.07, 6.45) is -2.50. The van der Waals surface area contributed by atoms with Crippen LogP contribution in [0.5, 0.6) is 0 Å². The topological polar surface area (TPSA) is 148 Å². The third-order valence-electron chi connectivity index (χ3n) is 2.19. The van der Waals surface area contributed by atoms with Crippen molar-refractivity contribution in [2.75, 3.05) is 13.2 Å². The molecule has 18 heavy (non-hydrogen) atoms.